The summed E-state index contributed by atoms with van der Waals surface area (Å²) >= 11 is 0. The summed E-state index contributed by atoms with van der Waals surface area (Å²) in [7, 11) is -2.64. The minimum atomic E-state index is -3.87. The number of nitrogens with two attached hydrogens (primary N) is 1. The molecule has 1 aromatic rings. The third-order valence-electron chi connectivity index (χ3n) is 2.70. The average molecular weight is 300 g/mol. The van der Waals surface area contributed by atoms with Crippen molar-refractivity contribution in [2.45, 2.75) is 31.2 Å². The highest BCUT2D eigenvalue weighted by molar-refractivity contribution is 7.89. The number of benzene rings is 1. The monoisotopic (exact) mass is 300 g/mol. The van der Waals surface area contributed by atoms with Crippen LogP contribution in [0.4, 0.5) is 5.69 Å². The molecule has 0 aromatic heterocycles. The molecule has 0 fully saturated rings. The Morgan fingerprint density at radius 3 is 2.45 bits per heavy atom. The average Bonchev–Trinajstić information content (AvgIpc) is 2.36. The second-order valence-corrected chi connectivity index (χ2v) is 6.55. The second kappa shape index (κ2) is 6.71. The highest BCUT2D eigenvalue weighted by Gasteiger charge is 2.28. The molecule has 0 radical (unpaired) electrons. The maximum atomic E-state index is 12.3. The molecule has 0 spiro atoms. The Bertz CT molecular complexity index is 569. The number of nitrogen functional groups attached to an aromatic ring is 1. The first-order valence-corrected chi connectivity index (χ1v) is 7.71. The van der Waals surface area contributed by atoms with E-state index in [2.05, 4.69) is 9.46 Å². The molecule has 0 amide bonds. The summed E-state index contributed by atoms with van der Waals surface area (Å²) in [6.45, 7) is 3.78. The summed E-state index contributed by atoms with van der Waals surface area (Å²) in [5.74, 6) is -0.480. The van der Waals surface area contributed by atoms with Crippen LogP contribution in [-0.4, -0.2) is 27.5 Å². The lowest BCUT2D eigenvalue weighted by atomic mass is 10.1. The van der Waals surface area contributed by atoms with E-state index in [0.29, 0.717) is 6.42 Å². The number of anilines is 1. The zero-order chi connectivity index (χ0) is 15.3. The third kappa shape index (κ3) is 4.21. The molecule has 0 aliphatic heterocycles. The lowest BCUT2D eigenvalue weighted by molar-refractivity contribution is -0.143. The number of esters is 1. The van der Waals surface area contributed by atoms with Gasteiger partial charge in [-0.2, -0.15) is 4.72 Å². The number of hydrogen-bond acceptors (Lipinski definition) is 5. The number of nitrogens with one attached hydrogen (secondary N) is 1. The highest BCUT2D eigenvalue weighted by atomic mass is 32.2. The second-order valence-electron chi connectivity index (χ2n) is 4.86. The SMILES string of the molecule is COC(=O)C(CC(C)C)NS(=O)(=O)c1ccccc1N. The molecule has 20 heavy (non-hydrogen) atoms. The van der Waals surface area contributed by atoms with Gasteiger partial charge in [-0.1, -0.05) is 26.0 Å². The Balaban J connectivity index is 3.03. The van der Waals surface area contributed by atoms with E-state index in [1.165, 1.54) is 19.2 Å². The van der Waals surface area contributed by atoms with Crippen LogP contribution in [0, 0.1) is 5.92 Å². The minimum absolute atomic E-state index is 0.0438. The van der Waals surface area contributed by atoms with Gasteiger partial charge in [0.25, 0.3) is 0 Å². The number of hydrogen-bond donors (Lipinski definition) is 2. The smallest absolute Gasteiger partial charge is 0.323 e. The van der Waals surface area contributed by atoms with Gasteiger partial charge < -0.3 is 10.5 Å². The Morgan fingerprint density at radius 1 is 1.35 bits per heavy atom. The lowest BCUT2D eigenvalue weighted by Gasteiger charge is -2.18. The number of rotatable bonds is 6. The molecule has 1 atom stereocenters. The first-order chi connectivity index (χ1) is 9.27. The Hall–Kier alpha value is -1.60. The molecule has 1 aromatic carbocycles. The third-order valence-corrected chi connectivity index (χ3v) is 4.24. The fourth-order valence-corrected chi connectivity index (χ4v) is 3.11. The number of carbonyl (C=O) groups is 1. The van der Waals surface area contributed by atoms with Gasteiger partial charge in [0.05, 0.1) is 12.8 Å². The van der Waals surface area contributed by atoms with Crippen molar-refractivity contribution in [1.29, 1.82) is 0 Å². The van der Waals surface area contributed by atoms with Crippen LogP contribution >= 0.6 is 0 Å². The van der Waals surface area contributed by atoms with Gasteiger partial charge in [0.15, 0.2) is 0 Å². The summed E-state index contributed by atoms with van der Waals surface area (Å²) in [6, 6.07) is 5.16. The predicted molar refractivity (Wildman–Crippen MR) is 76.4 cm³/mol. The van der Waals surface area contributed by atoms with Crippen LogP contribution in [0.2, 0.25) is 0 Å². The van der Waals surface area contributed by atoms with E-state index in [1.54, 1.807) is 12.1 Å². The van der Waals surface area contributed by atoms with Gasteiger partial charge in [-0.3, -0.25) is 4.79 Å². The van der Waals surface area contributed by atoms with Crippen molar-refractivity contribution in [3.8, 4) is 0 Å². The van der Waals surface area contributed by atoms with Crippen LogP contribution in [0.5, 0.6) is 0 Å². The Kier molecular flexibility index (Phi) is 5.52. The molecule has 112 valence electrons. The minimum Gasteiger partial charge on any atom is -0.468 e. The van der Waals surface area contributed by atoms with Gasteiger partial charge in [0, 0.05) is 0 Å². The predicted octanol–water partition coefficient (Wildman–Crippen LogP) is 1.13. The van der Waals surface area contributed by atoms with Gasteiger partial charge in [-0.25, -0.2) is 8.42 Å². The summed E-state index contributed by atoms with van der Waals surface area (Å²) in [6.07, 6.45) is 0.346. The number of para-hydroxylation sites is 1. The molecule has 0 aliphatic rings. The molecule has 0 saturated carbocycles. The molecule has 3 N–H and O–H groups in total. The summed E-state index contributed by atoms with van der Waals surface area (Å²) < 4.78 is 31.5. The van der Waals surface area contributed by atoms with E-state index in [1.807, 2.05) is 13.8 Å². The van der Waals surface area contributed by atoms with Gasteiger partial charge >= 0.3 is 5.97 Å². The summed E-state index contributed by atoms with van der Waals surface area (Å²) in [4.78, 5) is 11.6. The van der Waals surface area contributed by atoms with E-state index < -0.39 is 22.0 Å². The largest absolute Gasteiger partial charge is 0.468 e. The molecular formula is C13H20N2O4S. The van der Waals surface area contributed by atoms with Gasteiger partial charge in [-0.15, -0.1) is 0 Å². The van der Waals surface area contributed by atoms with Crippen molar-refractivity contribution in [3.63, 3.8) is 0 Å². The van der Waals surface area contributed by atoms with Gasteiger partial charge in [-0.05, 0) is 24.5 Å². The number of methoxy groups -OCH3 is 1. The maximum absolute atomic E-state index is 12.3. The van der Waals surface area contributed by atoms with E-state index in [4.69, 9.17) is 5.73 Å². The normalized spacial score (nSPS) is 13.2. The Morgan fingerprint density at radius 2 is 1.95 bits per heavy atom. The molecule has 0 heterocycles. The van der Waals surface area contributed by atoms with Crippen molar-refractivity contribution in [3.05, 3.63) is 24.3 Å². The fourth-order valence-electron chi connectivity index (χ4n) is 1.78. The zero-order valence-corrected chi connectivity index (χ0v) is 12.6. The van der Waals surface area contributed by atoms with E-state index in [9.17, 15) is 13.2 Å². The van der Waals surface area contributed by atoms with Crippen LogP contribution in [0.3, 0.4) is 0 Å². The Labute approximate surface area is 119 Å². The molecule has 0 saturated heterocycles. The maximum Gasteiger partial charge on any atom is 0.323 e. The van der Waals surface area contributed by atoms with E-state index >= 15 is 0 Å². The zero-order valence-electron chi connectivity index (χ0n) is 11.8. The molecule has 1 unspecified atom stereocenters. The molecule has 0 bridgehead atoms. The van der Waals surface area contributed by atoms with Crippen LogP contribution in [-0.2, 0) is 19.6 Å². The standard InChI is InChI=1S/C13H20N2O4S/c1-9(2)8-11(13(16)19-3)15-20(17,18)12-7-5-4-6-10(12)14/h4-7,9,11,15H,8,14H2,1-3H3. The van der Waals surface area contributed by atoms with Crippen molar-refractivity contribution < 1.29 is 17.9 Å². The van der Waals surface area contributed by atoms with Crippen molar-refractivity contribution in [2.75, 3.05) is 12.8 Å². The van der Waals surface area contributed by atoms with E-state index in [0.717, 1.165) is 0 Å². The summed E-state index contributed by atoms with van der Waals surface area (Å²) in [5.41, 5.74) is 5.79. The lowest BCUT2D eigenvalue weighted by Crippen LogP contribution is -2.42. The van der Waals surface area contributed by atoms with Gasteiger partial charge in [0.2, 0.25) is 10.0 Å². The van der Waals surface area contributed by atoms with Crippen molar-refractivity contribution >= 4 is 21.7 Å². The van der Waals surface area contributed by atoms with Crippen molar-refractivity contribution in [1.82, 2.24) is 4.72 Å². The first kappa shape index (κ1) is 16.5. The van der Waals surface area contributed by atoms with Crippen LogP contribution in [0.25, 0.3) is 0 Å². The van der Waals surface area contributed by atoms with Crippen LogP contribution in [0.15, 0.2) is 29.2 Å². The fraction of sp³-hybridized carbons (Fsp3) is 0.462. The molecule has 6 nitrogen and oxygen atoms in total. The van der Waals surface area contributed by atoms with E-state index in [-0.39, 0.29) is 16.5 Å². The van der Waals surface area contributed by atoms with Crippen LogP contribution in [0.1, 0.15) is 20.3 Å². The quantitative estimate of drug-likeness (QED) is 0.606. The summed E-state index contributed by atoms with van der Waals surface area (Å²) in [5, 5.41) is 0. The molecule has 7 heteroatoms. The number of ether oxygens (including phenoxy) is 1. The topological polar surface area (TPSA) is 98.5 Å². The molecule has 1 rings (SSSR count). The highest BCUT2D eigenvalue weighted by Crippen LogP contribution is 2.18. The van der Waals surface area contributed by atoms with Crippen LogP contribution < -0.4 is 10.5 Å². The van der Waals surface area contributed by atoms with Gasteiger partial charge in [0.1, 0.15) is 10.9 Å². The molecular weight excluding hydrogens is 280 g/mol. The molecule has 0 aliphatic carbocycles. The number of carbonyl (C=O) groups excluding carboxylic acids is 1. The number of sulfonamides is 1. The van der Waals surface area contributed by atoms with Crippen molar-refractivity contribution in [2.24, 2.45) is 5.92 Å². The first-order valence-electron chi connectivity index (χ1n) is 6.22.